The zero-order valence-electron chi connectivity index (χ0n) is 16.1. The highest BCUT2D eigenvalue weighted by molar-refractivity contribution is 6.32. The number of nitrogens with zero attached hydrogens (tertiary/aromatic N) is 2. The molecule has 1 heterocycles. The average Bonchev–Trinajstić information content (AvgIpc) is 3.14. The summed E-state index contributed by atoms with van der Waals surface area (Å²) >= 11 is 5.98. The van der Waals surface area contributed by atoms with Crippen molar-refractivity contribution in [2.75, 3.05) is 13.1 Å². The smallest absolute Gasteiger partial charge is 0.271 e. The molecule has 0 fully saturated rings. The van der Waals surface area contributed by atoms with Crippen molar-refractivity contribution in [3.05, 3.63) is 52.7 Å². The zero-order chi connectivity index (χ0) is 21.1. The summed E-state index contributed by atoms with van der Waals surface area (Å²) in [6, 6.07) is 10.1. The number of amides is 1. The van der Waals surface area contributed by atoms with Gasteiger partial charge in [-0.05, 0) is 30.3 Å². The van der Waals surface area contributed by atoms with Crippen LogP contribution < -0.4 is 5.73 Å². The quantitative estimate of drug-likeness (QED) is 0.537. The van der Waals surface area contributed by atoms with Crippen LogP contribution >= 0.6 is 11.6 Å². The van der Waals surface area contributed by atoms with E-state index in [1.165, 1.54) is 6.07 Å². The normalized spacial score (nSPS) is 11.2. The van der Waals surface area contributed by atoms with Crippen LogP contribution in [-0.2, 0) is 6.54 Å². The molecule has 0 bridgehead atoms. The number of aromatic nitrogens is 1. The molecule has 0 atom stereocenters. The van der Waals surface area contributed by atoms with Crippen molar-refractivity contribution in [2.45, 2.75) is 20.4 Å². The summed E-state index contributed by atoms with van der Waals surface area (Å²) in [7, 11) is 0. The Bertz CT molecular complexity index is 1030. The molecule has 0 aliphatic carbocycles. The largest absolute Gasteiger partial charge is 0.507 e. The van der Waals surface area contributed by atoms with Gasteiger partial charge in [0.25, 0.3) is 5.91 Å². The molecular formula is C21H22ClN3O4. The van der Waals surface area contributed by atoms with E-state index in [0.717, 1.165) is 31.3 Å². The molecule has 0 spiro atoms. The fourth-order valence-corrected chi connectivity index (χ4v) is 3.29. The molecule has 2 aromatic carbocycles. The summed E-state index contributed by atoms with van der Waals surface area (Å²) in [5.74, 6) is -1.16. The van der Waals surface area contributed by atoms with Crippen molar-refractivity contribution in [3.63, 3.8) is 0 Å². The number of carbonyl (C=O) groups excluding carboxylic acids is 1. The van der Waals surface area contributed by atoms with E-state index in [9.17, 15) is 15.0 Å². The molecule has 4 N–H and O–H groups in total. The van der Waals surface area contributed by atoms with Gasteiger partial charge in [0, 0.05) is 12.6 Å². The monoisotopic (exact) mass is 415 g/mol. The number of nitrogens with two attached hydrogens (primary N) is 1. The van der Waals surface area contributed by atoms with Crippen LogP contribution in [0.4, 0.5) is 0 Å². The van der Waals surface area contributed by atoms with Crippen LogP contribution in [0.1, 0.15) is 29.9 Å². The van der Waals surface area contributed by atoms with E-state index in [-0.39, 0.29) is 33.5 Å². The minimum Gasteiger partial charge on any atom is -0.507 e. The first-order chi connectivity index (χ1) is 13.8. The highest BCUT2D eigenvalue weighted by atomic mass is 35.5. The number of rotatable bonds is 7. The van der Waals surface area contributed by atoms with Crippen molar-refractivity contribution in [1.29, 1.82) is 0 Å². The lowest BCUT2D eigenvalue weighted by molar-refractivity contribution is 0.0992. The summed E-state index contributed by atoms with van der Waals surface area (Å²) in [5.41, 5.74) is 7.73. The molecule has 0 unspecified atom stereocenters. The van der Waals surface area contributed by atoms with Crippen LogP contribution in [0.3, 0.4) is 0 Å². The van der Waals surface area contributed by atoms with E-state index in [2.05, 4.69) is 23.9 Å². The van der Waals surface area contributed by atoms with Gasteiger partial charge in [-0.2, -0.15) is 0 Å². The Balaban J connectivity index is 2.08. The molecule has 1 aromatic heterocycles. The fraction of sp³-hybridized carbons (Fsp3) is 0.238. The third-order valence-corrected chi connectivity index (χ3v) is 5.08. The second-order valence-corrected chi connectivity index (χ2v) is 6.99. The highest BCUT2D eigenvalue weighted by Crippen LogP contribution is 2.42. The zero-order valence-corrected chi connectivity index (χ0v) is 16.9. The predicted octanol–water partition coefficient (Wildman–Crippen LogP) is 4.01. The van der Waals surface area contributed by atoms with Gasteiger partial charge >= 0.3 is 0 Å². The molecule has 3 rings (SSSR count). The van der Waals surface area contributed by atoms with Crippen LogP contribution in [-0.4, -0.2) is 39.3 Å². The topological polar surface area (TPSA) is 113 Å². The van der Waals surface area contributed by atoms with Crippen LogP contribution in [0.5, 0.6) is 11.5 Å². The Labute approximate surface area is 173 Å². The van der Waals surface area contributed by atoms with Gasteiger partial charge in [0.2, 0.25) is 0 Å². The van der Waals surface area contributed by atoms with Crippen LogP contribution in [0.25, 0.3) is 22.5 Å². The lowest BCUT2D eigenvalue weighted by Gasteiger charge is -2.18. The van der Waals surface area contributed by atoms with Crippen molar-refractivity contribution in [3.8, 4) is 33.9 Å². The van der Waals surface area contributed by atoms with Crippen molar-refractivity contribution in [1.82, 2.24) is 10.1 Å². The number of halogens is 1. The third-order valence-electron chi connectivity index (χ3n) is 4.78. The Kier molecular flexibility index (Phi) is 6.10. The molecule has 0 radical (unpaired) electrons. The summed E-state index contributed by atoms with van der Waals surface area (Å²) in [6.07, 6.45) is 0. The number of phenolic OH excluding ortho intramolecular Hbond substituents is 2. The number of benzene rings is 2. The van der Waals surface area contributed by atoms with Gasteiger partial charge in [-0.1, -0.05) is 54.9 Å². The number of primary amides is 1. The van der Waals surface area contributed by atoms with E-state index < -0.39 is 5.91 Å². The highest BCUT2D eigenvalue weighted by Gasteiger charge is 2.25. The second kappa shape index (κ2) is 8.55. The summed E-state index contributed by atoms with van der Waals surface area (Å²) < 4.78 is 5.34. The number of carbonyl (C=O) groups is 1. The average molecular weight is 416 g/mol. The molecule has 152 valence electrons. The van der Waals surface area contributed by atoms with Gasteiger partial charge < -0.3 is 20.5 Å². The molecule has 7 nitrogen and oxygen atoms in total. The minimum absolute atomic E-state index is 0.0235. The Morgan fingerprint density at radius 2 is 1.79 bits per heavy atom. The summed E-state index contributed by atoms with van der Waals surface area (Å²) in [5, 5.41) is 23.7. The van der Waals surface area contributed by atoms with Gasteiger partial charge in [-0.3, -0.25) is 9.69 Å². The van der Waals surface area contributed by atoms with Crippen LogP contribution in [0.15, 0.2) is 40.9 Å². The standard InChI is InChI=1S/C21H22ClN3O4/c1-3-25(4-2)11-12-5-7-13(8-6-12)18-19(21(23)28)24-29-20(18)14-9-15(22)17(27)10-16(14)26/h5-10,26-27H,3-4,11H2,1-2H3,(H2,23,28). The molecule has 29 heavy (non-hydrogen) atoms. The molecule has 3 aromatic rings. The van der Waals surface area contributed by atoms with E-state index >= 15 is 0 Å². The first-order valence-electron chi connectivity index (χ1n) is 9.18. The lowest BCUT2D eigenvalue weighted by atomic mass is 9.97. The second-order valence-electron chi connectivity index (χ2n) is 6.58. The van der Waals surface area contributed by atoms with Gasteiger partial charge in [0.1, 0.15) is 11.5 Å². The first kappa shape index (κ1) is 20.7. The summed E-state index contributed by atoms with van der Waals surface area (Å²) in [6.45, 7) is 6.91. The van der Waals surface area contributed by atoms with Crippen LogP contribution in [0, 0.1) is 0 Å². The third kappa shape index (κ3) is 4.21. The number of hydrogen-bond donors (Lipinski definition) is 3. The Morgan fingerprint density at radius 3 is 2.38 bits per heavy atom. The molecule has 0 aliphatic heterocycles. The fourth-order valence-electron chi connectivity index (χ4n) is 3.12. The maximum Gasteiger partial charge on any atom is 0.271 e. The first-order valence-corrected chi connectivity index (χ1v) is 9.56. The Hall–Kier alpha value is -3.03. The van der Waals surface area contributed by atoms with E-state index in [1.54, 1.807) is 0 Å². The van der Waals surface area contributed by atoms with Crippen LogP contribution in [0.2, 0.25) is 5.02 Å². The van der Waals surface area contributed by atoms with Crippen molar-refractivity contribution in [2.24, 2.45) is 5.73 Å². The lowest BCUT2D eigenvalue weighted by Crippen LogP contribution is -2.21. The molecule has 1 amide bonds. The maximum atomic E-state index is 11.9. The Morgan fingerprint density at radius 1 is 1.14 bits per heavy atom. The van der Waals surface area contributed by atoms with Crippen molar-refractivity contribution < 1.29 is 19.5 Å². The van der Waals surface area contributed by atoms with Crippen molar-refractivity contribution >= 4 is 17.5 Å². The van der Waals surface area contributed by atoms with Gasteiger partial charge in [-0.15, -0.1) is 0 Å². The number of hydrogen-bond acceptors (Lipinski definition) is 6. The molecule has 0 saturated carbocycles. The summed E-state index contributed by atoms with van der Waals surface area (Å²) in [4.78, 5) is 14.2. The van der Waals surface area contributed by atoms with E-state index in [4.69, 9.17) is 21.9 Å². The van der Waals surface area contributed by atoms with Gasteiger partial charge in [0.05, 0.1) is 16.1 Å². The van der Waals surface area contributed by atoms with E-state index in [1.807, 2.05) is 24.3 Å². The number of phenols is 2. The molecule has 0 saturated heterocycles. The van der Waals surface area contributed by atoms with Gasteiger partial charge in [-0.25, -0.2) is 0 Å². The van der Waals surface area contributed by atoms with E-state index in [0.29, 0.717) is 11.1 Å². The molecule has 0 aliphatic rings. The van der Waals surface area contributed by atoms with Gasteiger partial charge in [0.15, 0.2) is 11.5 Å². The predicted molar refractivity (Wildman–Crippen MR) is 111 cm³/mol. The minimum atomic E-state index is -0.758. The number of aromatic hydroxyl groups is 2. The molecular weight excluding hydrogens is 394 g/mol. The molecule has 8 heteroatoms. The maximum absolute atomic E-state index is 11.9. The SMILES string of the molecule is CCN(CC)Cc1ccc(-c2c(C(N)=O)noc2-c2cc(Cl)c(O)cc2O)cc1.